The third-order valence-electron chi connectivity index (χ3n) is 3.83. The van der Waals surface area contributed by atoms with Crippen LogP contribution in [-0.2, 0) is 13.7 Å². The highest BCUT2D eigenvalue weighted by Gasteiger charge is 2.14. The predicted molar refractivity (Wildman–Crippen MR) is 87.2 cm³/mol. The molecule has 5 heteroatoms. The van der Waals surface area contributed by atoms with E-state index in [1.165, 1.54) is 0 Å². The van der Waals surface area contributed by atoms with Gasteiger partial charge in [0, 0.05) is 12.4 Å². The van der Waals surface area contributed by atoms with Crippen LogP contribution in [0.15, 0.2) is 48.5 Å². The number of benzene rings is 2. The van der Waals surface area contributed by atoms with Gasteiger partial charge in [-0.3, -0.25) is 0 Å². The van der Waals surface area contributed by atoms with Crippen LogP contribution in [0, 0.1) is 0 Å². The lowest BCUT2D eigenvalue weighted by Gasteiger charge is -2.09. The van der Waals surface area contributed by atoms with Crippen molar-refractivity contribution in [2.24, 2.45) is 7.05 Å². The number of nitrogens with zero attached hydrogens (tertiary/aromatic N) is 1. The van der Waals surface area contributed by atoms with Crippen LogP contribution in [-0.4, -0.2) is 22.8 Å². The second-order valence-electron chi connectivity index (χ2n) is 5.21. The number of ether oxygens (including phenoxy) is 2. The highest BCUT2D eigenvalue weighted by atomic mass is 16.5. The zero-order chi connectivity index (χ0) is 16.4. The van der Waals surface area contributed by atoms with Crippen molar-refractivity contribution in [1.82, 2.24) is 4.57 Å². The van der Waals surface area contributed by atoms with Crippen molar-refractivity contribution in [3.8, 4) is 11.5 Å². The number of hydrogen-bond donors (Lipinski definition) is 1. The van der Waals surface area contributed by atoms with Gasteiger partial charge in [0.25, 0.3) is 0 Å². The summed E-state index contributed by atoms with van der Waals surface area (Å²) in [5.41, 5.74) is 1.90. The van der Waals surface area contributed by atoms with Gasteiger partial charge in [0.05, 0.1) is 23.9 Å². The molecule has 0 fully saturated rings. The Bertz CT molecular complexity index is 849. The molecule has 0 aliphatic carbocycles. The summed E-state index contributed by atoms with van der Waals surface area (Å²) in [5, 5.41) is 10.2. The van der Waals surface area contributed by atoms with E-state index in [0.717, 1.165) is 22.6 Å². The SMILES string of the molecule is COc1ccc(OCc2cc3cccc(C(=O)O)c3n2C)cc1. The number of carboxylic acid groups (broad SMARTS) is 1. The third-order valence-corrected chi connectivity index (χ3v) is 3.83. The lowest BCUT2D eigenvalue weighted by Crippen LogP contribution is -2.05. The molecule has 0 spiro atoms. The first kappa shape index (κ1) is 15.0. The molecule has 1 heterocycles. The second-order valence-corrected chi connectivity index (χ2v) is 5.21. The van der Waals surface area contributed by atoms with Crippen LogP contribution in [0.5, 0.6) is 11.5 Å². The molecule has 0 unspecified atom stereocenters. The van der Waals surface area contributed by atoms with Gasteiger partial charge in [0.2, 0.25) is 0 Å². The molecule has 3 rings (SSSR count). The molecule has 0 saturated carbocycles. The molecular formula is C18H17NO4. The minimum Gasteiger partial charge on any atom is -0.497 e. The Morgan fingerprint density at radius 2 is 1.83 bits per heavy atom. The van der Waals surface area contributed by atoms with E-state index in [1.54, 1.807) is 19.2 Å². The van der Waals surface area contributed by atoms with Crippen LogP contribution < -0.4 is 9.47 Å². The van der Waals surface area contributed by atoms with Gasteiger partial charge < -0.3 is 19.1 Å². The van der Waals surface area contributed by atoms with E-state index in [1.807, 2.05) is 48.0 Å². The van der Waals surface area contributed by atoms with Gasteiger partial charge in [0.1, 0.15) is 18.1 Å². The van der Waals surface area contributed by atoms with Gasteiger partial charge in [-0.15, -0.1) is 0 Å². The zero-order valence-electron chi connectivity index (χ0n) is 12.9. The van der Waals surface area contributed by atoms with Crippen LogP contribution >= 0.6 is 0 Å². The number of rotatable bonds is 5. The highest BCUT2D eigenvalue weighted by molar-refractivity contribution is 6.02. The number of methoxy groups -OCH3 is 1. The minimum absolute atomic E-state index is 0.292. The molecule has 0 aliphatic heterocycles. The Morgan fingerprint density at radius 3 is 2.48 bits per heavy atom. The Hall–Kier alpha value is -2.95. The summed E-state index contributed by atoms with van der Waals surface area (Å²) in [4.78, 5) is 11.4. The first-order valence-corrected chi connectivity index (χ1v) is 7.17. The standard InChI is InChI=1S/C18H17NO4/c1-19-13(11-23-15-8-6-14(22-2)7-9-15)10-12-4-3-5-16(17(12)19)18(20)21/h3-10H,11H2,1-2H3,(H,20,21). The average Bonchev–Trinajstić information content (AvgIpc) is 2.89. The summed E-state index contributed by atoms with van der Waals surface area (Å²) in [6, 6.07) is 14.6. The Balaban J connectivity index is 1.87. The molecule has 5 nitrogen and oxygen atoms in total. The number of fused-ring (bicyclic) bond motifs is 1. The van der Waals surface area contributed by atoms with Crippen molar-refractivity contribution in [2.45, 2.75) is 6.61 Å². The van der Waals surface area contributed by atoms with E-state index in [2.05, 4.69) is 0 Å². The number of para-hydroxylation sites is 1. The third kappa shape index (κ3) is 2.85. The first-order valence-electron chi connectivity index (χ1n) is 7.17. The summed E-state index contributed by atoms with van der Waals surface area (Å²) < 4.78 is 12.8. The second kappa shape index (κ2) is 6.04. The minimum atomic E-state index is -0.931. The van der Waals surface area contributed by atoms with Crippen LogP contribution in [0.25, 0.3) is 10.9 Å². The maximum atomic E-state index is 11.4. The fourth-order valence-electron chi connectivity index (χ4n) is 2.61. The normalized spacial score (nSPS) is 10.7. The summed E-state index contributed by atoms with van der Waals surface area (Å²) in [7, 11) is 3.47. The monoisotopic (exact) mass is 311 g/mol. The lowest BCUT2D eigenvalue weighted by molar-refractivity contribution is 0.0698. The molecule has 23 heavy (non-hydrogen) atoms. The van der Waals surface area contributed by atoms with E-state index >= 15 is 0 Å². The number of aromatic carboxylic acids is 1. The van der Waals surface area contributed by atoms with E-state index in [-0.39, 0.29) is 0 Å². The molecule has 0 radical (unpaired) electrons. The number of carbonyl (C=O) groups is 1. The van der Waals surface area contributed by atoms with Gasteiger partial charge in [-0.2, -0.15) is 0 Å². The molecule has 3 aromatic rings. The van der Waals surface area contributed by atoms with Crippen molar-refractivity contribution >= 4 is 16.9 Å². The molecule has 0 bridgehead atoms. The highest BCUT2D eigenvalue weighted by Crippen LogP contribution is 2.24. The van der Waals surface area contributed by atoms with Crippen LogP contribution in [0.4, 0.5) is 0 Å². The maximum Gasteiger partial charge on any atom is 0.337 e. The Kier molecular flexibility index (Phi) is 3.93. The van der Waals surface area contributed by atoms with Gasteiger partial charge in [0.15, 0.2) is 0 Å². The average molecular weight is 311 g/mol. The van der Waals surface area contributed by atoms with Gasteiger partial charge >= 0.3 is 5.97 Å². The summed E-state index contributed by atoms with van der Waals surface area (Å²) in [6.45, 7) is 0.358. The van der Waals surface area contributed by atoms with Crippen LogP contribution in [0.1, 0.15) is 16.1 Å². The largest absolute Gasteiger partial charge is 0.497 e. The van der Waals surface area contributed by atoms with E-state index in [0.29, 0.717) is 17.7 Å². The van der Waals surface area contributed by atoms with E-state index < -0.39 is 5.97 Å². The molecular weight excluding hydrogens is 294 g/mol. The Morgan fingerprint density at radius 1 is 1.13 bits per heavy atom. The molecule has 1 N–H and O–H groups in total. The number of carboxylic acids is 1. The van der Waals surface area contributed by atoms with Crippen molar-refractivity contribution < 1.29 is 19.4 Å². The quantitative estimate of drug-likeness (QED) is 0.784. The zero-order valence-corrected chi connectivity index (χ0v) is 12.9. The molecule has 0 atom stereocenters. The fraction of sp³-hybridized carbons (Fsp3) is 0.167. The van der Waals surface area contributed by atoms with Crippen LogP contribution in [0.2, 0.25) is 0 Å². The van der Waals surface area contributed by atoms with E-state index in [4.69, 9.17) is 9.47 Å². The van der Waals surface area contributed by atoms with Crippen molar-refractivity contribution in [3.63, 3.8) is 0 Å². The smallest absolute Gasteiger partial charge is 0.337 e. The van der Waals surface area contributed by atoms with Crippen molar-refractivity contribution in [1.29, 1.82) is 0 Å². The van der Waals surface area contributed by atoms with Crippen molar-refractivity contribution in [2.75, 3.05) is 7.11 Å². The van der Waals surface area contributed by atoms with Crippen molar-refractivity contribution in [3.05, 3.63) is 59.8 Å². The topological polar surface area (TPSA) is 60.7 Å². The summed E-state index contributed by atoms with van der Waals surface area (Å²) >= 11 is 0. The maximum absolute atomic E-state index is 11.4. The van der Waals surface area contributed by atoms with Gasteiger partial charge in [-0.05, 0) is 36.4 Å². The summed E-state index contributed by atoms with van der Waals surface area (Å²) in [6.07, 6.45) is 0. The number of hydrogen-bond acceptors (Lipinski definition) is 3. The number of aromatic nitrogens is 1. The van der Waals surface area contributed by atoms with Gasteiger partial charge in [-0.1, -0.05) is 12.1 Å². The van der Waals surface area contributed by atoms with Crippen LogP contribution in [0.3, 0.4) is 0 Å². The fourth-order valence-corrected chi connectivity index (χ4v) is 2.61. The predicted octanol–water partition coefficient (Wildman–Crippen LogP) is 3.46. The molecule has 0 aliphatic rings. The van der Waals surface area contributed by atoms with E-state index in [9.17, 15) is 9.90 Å². The summed E-state index contributed by atoms with van der Waals surface area (Å²) in [5.74, 6) is 0.571. The first-order chi connectivity index (χ1) is 11.1. The molecule has 2 aromatic carbocycles. The van der Waals surface area contributed by atoms with Gasteiger partial charge in [-0.25, -0.2) is 4.79 Å². The molecule has 0 saturated heterocycles. The lowest BCUT2D eigenvalue weighted by atomic mass is 10.1. The molecule has 1 aromatic heterocycles. The number of aryl methyl sites for hydroxylation is 1. The molecule has 118 valence electrons. The Labute approximate surface area is 133 Å². The molecule has 0 amide bonds.